The largest absolute Gasteiger partial charge is 0.456 e. The van der Waals surface area contributed by atoms with Gasteiger partial charge in [-0.05, 0) is 81.9 Å². The summed E-state index contributed by atoms with van der Waals surface area (Å²) >= 11 is 3.60. The van der Waals surface area contributed by atoms with Crippen molar-refractivity contribution in [2.75, 3.05) is 0 Å². The van der Waals surface area contributed by atoms with Gasteiger partial charge in [-0.1, -0.05) is 194 Å². The van der Waals surface area contributed by atoms with Gasteiger partial charge in [0, 0.05) is 74.4 Å². The molecule has 0 spiro atoms. The van der Waals surface area contributed by atoms with Crippen LogP contribution in [0.2, 0.25) is 0 Å². The zero-order valence-corrected chi connectivity index (χ0v) is 44.7. The Morgan fingerprint density at radius 3 is 1.74 bits per heavy atom. The SMILES string of the molecule is [C-]#[N+]c1c(-c2ccccc2)c(C#N)c(-n2c3c(ccc4c5ccccc5sc43)c3cc(-c4ccccc4)c4c5ccccc5sc4c32)c(-c2ccccc2)c1-n1c2ccccc2c2cc(-c3cccc4oc5ccccc5c34)ccc21. The first kappa shape index (κ1) is 45.5. The summed E-state index contributed by atoms with van der Waals surface area (Å²) in [6.07, 6.45) is 0. The standard InChI is InChI=1S/C74H40N4OS2/c1-76-68-64(44-22-7-3-8-23-44)57(42-75)69(78-70-50(37-38-51-49-27-13-17-34-62(49)80-73(51)70)56-41-54(43-20-5-2-6-21-43)67-53-29-14-18-35-63(53)81-74(67)71(56)78)65(45-24-9-4-10-25-45)72(68)77-58-31-15-11-26-48(58)55-40-46(36-39-59(55)77)47-30-19-33-61-66(47)52-28-12-16-32-60(52)79-61/h2-41H. The second-order valence-electron chi connectivity index (χ2n) is 20.7. The lowest BCUT2D eigenvalue weighted by Crippen LogP contribution is -2.09. The van der Waals surface area contributed by atoms with Gasteiger partial charge in [0.2, 0.25) is 5.69 Å². The predicted octanol–water partition coefficient (Wildman–Crippen LogP) is 21.6. The van der Waals surface area contributed by atoms with Crippen molar-refractivity contribution in [3.05, 3.63) is 260 Å². The molecule has 0 aliphatic heterocycles. The van der Waals surface area contributed by atoms with Crippen LogP contribution in [-0.2, 0) is 0 Å². The van der Waals surface area contributed by atoms with Crippen molar-refractivity contribution in [1.29, 1.82) is 5.26 Å². The molecule has 0 saturated heterocycles. The van der Waals surface area contributed by atoms with E-state index in [4.69, 9.17) is 4.42 Å². The highest BCUT2D eigenvalue weighted by Gasteiger charge is 2.34. The number of hydrogen-bond donors (Lipinski definition) is 0. The molecular weight excluding hydrogens is 1020 g/mol. The zero-order chi connectivity index (χ0) is 53.4. The van der Waals surface area contributed by atoms with Crippen LogP contribution in [0.25, 0.3) is 167 Å². The van der Waals surface area contributed by atoms with Gasteiger partial charge >= 0.3 is 0 Å². The van der Waals surface area contributed by atoms with Crippen LogP contribution in [0.4, 0.5) is 5.69 Å². The molecule has 7 heteroatoms. The fraction of sp³-hybridized carbons (Fsp3) is 0. The molecule has 0 unspecified atom stereocenters. The van der Waals surface area contributed by atoms with E-state index in [1.54, 1.807) is 22.7 Å². The van der Waals surface area contributed by atoms with Gasteiger partial charge in [0.05, 0.1) is 55.0 Å². The minimum Gasteiger partial charge on any atom is -0.456 e. The number of nitrogens with zero attached hydrogens (tertiary/aromatic N) is 4. The first-order valence-corrected chi connectivity index (χ1v) is 28.6. The van der Waals surface area contributed by atoms with E-state index in [2.05, 4.69) is 208 Å². The van der Waals surface area contributed by atoms with Crippen molar-refractivity contribution < 1.29 is 4.42 Å². The highest BCUT2D eigenvalue weighted by molar-refractivity contribution is 7.27. The fourth-order valence-electron chi connectivity index (χ4n) is 13.2. The smallest absolute Gasteiger partial charge is 0.220 e. The van der Waals surface area contributed by atoms with E-state index >= 15 is 0 Å². The third-order valence-electron chi connectivity index (χ3n) is 16.6. The molecule has 5 nitrogen and oxygen atoms in total. The summed E-state index contributed by atoms with van der Waals surface area (Å²) in [5.74, 6) is 0. The average molecular weight is 1070 g/mol. The molecule has 0 N–H and O–H groups in total. The van der Waals surface area contributed by atoms with Crippen molar-refractivity contribution in [2.45, 2.75) is 0 Å². The van der Waals surface area contributed by atoms with Crippen molar-refractivity contribution in [1.82, 2.24) is 9.13 Å². The van der Waals surface area contributed by atoms with E-state index in [9.17, 15) is 11.8 Å². The van der Waals surface area contributed by atoms with Crippen LogP contribution in [-0.4, -0.2) is 9.13 Å². The van der Waals surface area contributed by atoms with Crippen molar-refractivity contribution in [3.8, 4) is 62.0 Å². The summed E-state index contributed by atoms with van der Waals surface area (Å²) in [4.78, 5) is 4.65. The average Bonchev–Trinajstić information content (AvgIpc) is 3.47. The lowest BCUT2D eigenvalue weighted by molar-refractivity contribution is 0.669. The van der Waals surface area contributed by atoms with E-state index < -0.39 is 0 Å². The summed E-state index contributed by atoms with van der Waals surface area (Å²) < 4.78 is 15.8. The van der Waals surface area contributed by atoms with Crippen LogP contribution in [0.1, 0.15) is 5.56 Å². The van der Waals surface area contributed by atoms with Crippen LogP contribution >= 0.6 is 22.7 Å². The monoisotopic (exact) mass is 1060 g/mol. The Labute approximate surface area is 471 Å². The minimum atomic E-state index is 0.396. The lowest BCUT2D eigenvalue weighted by Gasteiger charge is -2.26. The molecule has 17 aromatic rings. The third-order valence-corrected chi connectivity index (χ3v) is 18.9. The third kappa shape index (κ3) is 6.45. The van der Waals surface area contributed by atoms with Gasteiger partial charge in [0.25, 0.3) is 0 Å². The number of thiophene rings is 2. The highest BCUT2D eigenvalue weighted by Crippen LogP contribution is 2.56. The molecule has 0 fully saturated rings. The number of fused-ring (bicyclic) bond motifs is 17. The number of aromatic nitrogens is 2. The number of rotatable bonds is 6. The fourth-order valence-corrected chi connectivity index (χ4v) is 15.7. The number of nitriles is 1. The number of para-hydroxylation sites is 2. The van der Waals surface area contributed by atoms with Gasteiger partial charge in [-0.3, -0.25) is 0 Å². The molecular formula is C74H40N4OS2. The molecule has 0 radical (unpaired) electrons. The first-order chi connectivity index (χ1) is 40.1. The Bertz CT molecular complexity index is 5610. The molecule has 374 valence electrons. The first-order valence-electron chi connectivity index (χ1n) is 27.0. The molecule has 17 rings (SSSR count). The molecule has 0 aliphatic carbocycles. The maximum Gasteiger partial charge on any atom is 0.220 e. The summed E-state index contributed by atoms with van der Waals surface area (Å²) in [7, 11) is 0. The van der Waals surface area contributed by atoms with Crippen LogP contribution in [0.3, 0.4) is 0 Å². The summed E-state index contributed by atoms with van der Waals surface area (Å²) in [6.45, 7) is 9.54. The van der Waals surface area contributed by atoms with Gasteiger partial charge in [0.1, 0.15) is 17.2 Å². The predicted molar refractivity (Wildman–Crippen MR) is 341 cm³/mol. The van der Waals surface area contributed by atoms with Crippen molar-refractivity contribution in [2.24, 2.45) is 0 Å². The van der Waals surface area contributed by atoms with Gasteiger partial charge < -0.3 is 13.6 Å². The van der Waals surface area contributed by atoms with E-state index in [1.165, 1.54) is 25.6 Å². The van der Waals surface area contributed by atoms with E-state index in [1.807, 2.05) is 54.6 Å². The van der Waals surface area contributed by atoms with Crippen molar-refractivity contribution in [3.63, 3.8) is 0 Å². The molecule has 0 bridgehead atoms. The van der Waals surface area contributed by atoms with Crippen LogP contribution < -0.4 is 0 Å². The molecule has 0 saturated carbocycles. The van der Waals surface area contributed by atoms with E-state index in [0.29, 0.717) is 22.5 Å². The topological polar surface area (TPSA) is 51.1 Å². The summed E-state index contributed by atoms with van der Waals surface area (Å²) in [6, 6.07) is 88.5. The zero-order valence-electron chi connectivity index (χ0n) is 43.1. The molecule has 12 aromatic carbocycles. The number of benzene rings is 12. The minimum absolute atomic E-state index is 0.396. The number of furan rings is 1. The van der Waals surface area contributed by atoms with Gasteiger partial charge in [-0.15, -0.1) is 22.7 Å². The maximum atomic E-state index is 12.4. The second kappa shape index (κ2) is 17.5. The van der Waals surface area contributed by atoms with E-state index in [-0.39, 0.29) is 0 Å². The molecule has 81 heavy (non-hydrogen) atoms. The van der Waals surface area contributed by atoms with Crippen molar-refractivity contribution >= 4 is 134 Å². The van der Waals surface area contributed by atoms with E-state index in [0.717, 1.165) is 125 Å². The Morgan fingerprint density at radius 2 is 0.988 bits per heavy atom. The molecule has 0 atom stereocenters. The number of hydrogen-bond acceptors (Lipinski definition) is 4. The highest BCUT2D eigenvalue weighted by atomic mass is 32.1. The molecule has 0 aliphatic rings. The van der Waals surface area contributed by atoms with Gasteiger partial charge in [-0.25, -0.2) is 4.85 Å². The molecule has 5 aromatic heterocycles. The lowest BCUT2D eigenvalue weighted by atomic mass is 9.88. The quantitative estimate of drug-likeness (QED) is 0.156. The summed E-state index contributed by atoms with van der Waals surface area (Å²) in [5, 5.41) is 23.5. The molecule has 0 amide bonds. The summed E-state index contributed by atoms with van der Waals surface area (Å²) in [5.41, 5.74) is 15.4. The van der Waals surface area contributed by atoms with Crippen LogP contribution in [0, 0.1) is 17.9 Å². The Balaban J connectivity index is 1.11. The molecule has 5 heterocycles. The Hall–Kier alpha value is -10.5. The Morgan fingerprint density at radius 1 is 0.395 bits per heavy atom. The second-order valence-corrected chi connectivity index (χ2v) is 22.9. The van der Waals surface area contributed by atoms with Gasteiger partial charge in [-0.2, -0.15) is 5.26 Å². The normalized spacial score (nSPS) is 11.9. The van der Waals surface area contributed by atoms with Crippen LogP contribution in [0.5, 0.6) is 0 Å². The maximum absolute atomic E-state index is 12.4. The Kier molecular flexibility index (Phi) is 9.82. The van der Waals surface area contributed by atoms with Crippen LogP contribution in [0.15, 0.2) is 247 Å². The van der Waals surface area contributed by atoms with Gasteiger partial charge in [0.15, 0.2) is 0 Å².